The molecule has 176 valence electrons. The molecule has 0 amide bonds. The number of ether oxygens (including phenoxy) is 2. The molecular formula is C25H35NO6. The first-order valence-corrected chi connectivity index (χ1v) is 11.2. The van der Waals surface area contributed by atoms with E-state index >= 15 is 0 Å². The Bertz CT molecular complexity index is 797. The summed E-state index contributed by atoms with van der Waals surface area (Å²) in [5.41, 5.74) is 3.42. The number of hydrogen-bond acceptors (Lipinski definition) is 7. The normalized spacial score (nSPS) is 23.9. The first-order chi connectivity index (χ1) is 15.5. The molecule has 32 heavy (non-hydrogen) atoms. The fourth-order valence-corrected chi connectivity index (χ4v) is 4.10. The summed E-state index contributed by atoms with van der Waals surface area (Å²) in [7, 11) is 1.66. The summed E-state index contributed by atoms with van der Waals surface area (Å²) in [6, 6.07) is 15.8. The topological polar surface area (TPSA) is 103 Å². The van der Waals surface area contributed by atoms with Crippen molar-refractivity contribution in [3.8, 4) is 16.9 Å². The summed E-state index contributed by atoms with van der Waals surface area (Å²) in [4.78, 5) is 1.85. The minimum Gasteiger partial charge on any atom is -0.497 e. The minimum absolute atomic E-state index is 0.245. The van der Waals surface area contributed by atoms with Gasteiger partial charge in [0.25, 0.3) is 0 Å². The SMILES string of the molecule is COc1ccc(-c2ccc(COCCCCCN3C[C@H](O)[C@@H](O)[C@H](O)[C@@H]3CO)cc2)cc1. The highest BCUT2D eigenvalue weighted by Crippen LogP contribution is 2.23. The molecule has 0 saturated carbocycles. The molecule has 7 nitrogen and oxygen atoms in total. The molecule has 1 heterocycles. The predicted octanol–water partition coefficient (Wildman–Crippen LogP) is 1.81. The monoisotopic (exact) mass is 445 g/mol. The van der Waals surface area contributed by atoms with Crippen molar-refractivity contribution in [1.29, 1.82) is 0 Å². The summed E-state index contributed by atoms with van der Waals surface area (Å²) in [5, 5.41) is 39.1. The molecule has 4 atom stereocenters. The van der Waals surface area contributed by atoms with Crippen molar-refractivity contribution in [2.75, 3.05) is 33.4 Å². The lowest BCUT2D eigenvalue weighted by atomic mass is 9.94. The predicted molar refractivity (Wildman–Crippen MR) is 122 cm³/mol. The molecule has 0 bridgehead atoms. The van der Waals surface area contributed by atoms with E-state index < -0.39 is 24.4 Å². The maximum atomic E-state index is 10.0. The molecule has 2 aromatic carbocycles. The highest BCUT2D eigenvalue weighted by molar-refractivity contribution is 5.64. The Labute approximate surface area is 189 Å². The molecule has 1 fully saturated rings. The Kier molecular flexibility index (Phi) is 9.47. The van der Waals surface area contributed by atoms with Crippen molar-refractivity contribution in [3.63, 3.8) is 0 Å². The lowest BCUT2D eigenvalue weighted by Gasteiger charge is -2.43. The van der Waals surface area contributed by atoms with Crippen LogP contribution in [0.25, 0.3) is 11.1 Å². The number of nitrogens with zero attached hydrogens (tertiary/aromatic N) is 1. The fraction of sp³-hybridized carbons (Fsp3) is 0.520. The van der Waals surface area contributed by atoms with E-state index in [4.69, 9.17) is 9.47 Å². The number of β-amino-alcohol motifs (C(OH)–C–C–N with tert-alkyl or cyclic N) is 1. The molecule has 1 saturated heterocycles. The Balaban J connectivity index is 1.32. The highest BCUT2D eigenvalue weighted by atomic mass is 16.5. The van der Waals surface area contributed by atoms with Crippen LogP contribution in [0.4, 0.5) is 0 Å². The van der Waals surface area contributed by atoms with Crippen molar-refractivity contribution >= 4 is 0 Å². The second kappa shape index (κ2) is 12.3. The van der Waals surface area contributed by atoms with E-state index in [1.807, 2.05) is 29.2 Å². The van der Waals surface area contributed by atoms with Gasteiger partial charge in [-0.1, -0.05) is 36.4 Å². The smallest absolute Gasteiger partial charge is 0.118 e. The molecule has 0 spiro atoms. The van der Waals surface area contributed by atoms with Gasteiger partial charge in [0, 0.05) is 13.2 Å². The molecule has 0 aliphatic carbocycles. The summed E-state index contributed by atoms with van der Waals surface area (Å²) >= 11 is 0. The molecule has 3 rings (SSSR count). The summed E-state index contributed by atoms with van der Waals surface area (Å²) in [5.74, 6) is 0.844. The molecule has 4 N–H and O–H groups in total. The molecule has 0 radical (unpaired) electrons. The average Bonchev–Trinajstić information content (AvgIpc) is 2.82. The maximum Gasteiger partial charge on any atom is 0.118 e. The van der Waals surface area contributed by atoms with Gasteiger partial charge in [0.15, 0.2) is 0 Å². The van der Waals surface area contributed by atoms with Crippen LogP contribution in [0.1, 0.15) is 24.8 Å². The quantitative estimate of drug-likeness (QED) is 0.391. The molecule has 0 aromatic heterocycles. The molecule has 1 aliphatic heterocycles. The zero-order valence-corrected chi connectivity index (χ0v) is 18.6. The van der Waals surface area contributed by atoms with E-state index in [0.29, 0.717) is 19.8 Å². The van der Waals surface area contributed by atoms with Crippen LogP contribution in [-0.2, 0) is 11.3 Å². The zero-order valence-electron chi connectivity index (χ0n) is 18.6. The standard InChI is InChI=1S/C25H35NO6/c1-31-21-11-9-20(10-12-21)19-7-5-18(6-8-19)17-32-14-4-2-3-13-26-15-23(28)25(30)24(29)22(26)16-27/h5-12,22-25,27-30H,2-4,13-17H2,1H3/t22-,23-,24+,25+/m0/s1. The summed E-state index contributed by atoms with van der Waals surface area (Å²) < 4.78 is 11.0. The van der Waals surface area contributed by atoms with Crippen LogP contribution in [0.2, 0.25) is 0 Å². The number of aliphatic hydroxyl groups excluding tert-OH is 4. The minimum atomic E-state index is -1.21. The maximum absolute atomic E-state index is 10.0. The highest BCUT2D eigenvalue weighted by Gasteiger charge is 2.40. The van der Waals surface area contributed by atoms with Crippen molar-refractivity contribution in [3.05, 3.63) is 54.1 Å². The van der Waals surface area contributed by atoms with Gasteiger partial charge in [0.05, 0.1) is 32.5 Å². The van der Waals surface area contributed by atoms with Crippen LogP contribution in [0, 0.1) is 0 Å². The van der Waals surface area contributed by atoms with Gasteiger partial charge in [0.1, 0.15) is 18.0 Å². The summed E-state index contributed by atoms with van der Waals surface area (Å²) in [6.07, 6.45) is -0.612. The van der Waals surface area contributed by atoms with Crippen LogP contribution in [0.5, 0.6) is 5.75 Å². The Morgan fingerprint density at radius 3 is 2.16 bits per heavy atom. The van der Waals surface area contributed by atoms with E-state index in [-0.39, 0.29) is 13.2 Å². The van der Waals surface area contributed by atoms with E-state index in [2.05, 4.69) is 24.3 Å². The Hall–Kier alpha value is -2.00. The van der Waals surface area contributed by atoms with Gasteiger partial charge in [-0.2, -0.15) is 0 Å². The van der Waals surface area contributed by atoms with E-state index in [0.717, 1.165) is 41.7 Å². The van der Waals surface area contributed by atoms with Crippen LogP contribution in [-0.4, -0.2) is 83.1 Å². The van der Waals surface area contributed by atoms with Gasteiger partial charge in [-0.15, -0.1) is 0 Å². The lowest BCUT2D eigenvalue weighted by molar-refractivity contribution is -0.145. The number of piperidine rings is 1. The van der Waals surface area contributed by atoms with Crippen LogP contribution >= 0.6 is 0 Å². The third-order valence-electron chi connectivity index (χ3n) is 6.10. The van der Waals surface area contributed by atoms with Gasteiger partial charge >= 0.3 is 0 Å². The van der Waals surface area contributed by atoms with Crippen molar-refractivity contribution in [2.45, 2.75) is 50.2 Å². The second-order valence-corrected chi connectivity index (χ2v) is 8.33. The Morgan fingerprint density at radius 1 is 0.875 bits per heavy atom. The lowest BCUT2D eigenvalue weighted by Crippen LogP contribution is -2.62. The number of benzene rings is 2. The number of rotatable bonds is 11. The molecule has 7 heteroatoms. The fourth-order valence-electron chi connectivity index (χ4n) is 4.10. The zero-order chi connectivity index (χ0) is 22.9. The summed E-state index contributed by atoms with van der Waals surface area (Å²) in [6.45, 7) is 1.89. The van der Waals surface area contributed by atoms with E-state index in [1.54, 1.807) is 7.11 Å². The van der Waals surface area contributed by atoms with Gasteiger partial charge < -0.3 is 29.9 Å². The Morgan fingerprint density at radius 2 is 1.53 bits per heavy atom. The molecular weight excluding hydrogens is 410 g/mol. The van der Waals surface area contributed by atoms with Crippen molar-refractivity contribution < 1.29 is 29.9 Å². The largest absolute Gasteiger partial charge is 0.497 e. The van der Waals surface area contributed by atoms with Crippen LogP contribution < -0.4 is 4.74 Å². The number of aliphatic hydroxyl groups is 4. The first kappa shape index (κ1) is 24.6. The molecule has 1 aliphatic rings. The van der Waals surface area contributed by atoms with Gasteiger partial charge in [-0.3, -0.25) is 4.90 Å². The number of unbranched alkanes of at least 4 members (excludes halogenated alkanes) is 2. The van der Waals surface area contributed by atoms with Gasteiger partial charge in [-0.05, 0) is 54.6 Å². The van der Waals surface area contributed by atoms with Crippen LogP contribution in [0.15, 0.2) is 48.5 Å². The first-order valence-electron chi connectivity index (χ1n) is 11.2. The molecule has 0 unspecified atom stereocenters. The third kappa shape index (κ3) is 6.51. The average molecular weight is 446 g/mol. The van der Waals surface area contributed by atoms with Crippen molar-refractivity contribution in [1.82, 2.24) is 4.90 Å². The third-order valence-corrected chi connectivity index (χ3v) is 6.10. The number of methoxy groups -OCH3 is 1. The molecule has 2 aromatic rings. The second-order valence-electron chi connectivity index (χ2n) is 8.33. The number of hydrogen-bond donors (Lipinski definition) is 4. The number of likely N-dealkylation sites (tertiary alicyclic amines) is 1. The van der Waals surface area contributed by atoms with E-state index in [1.165, 1.54) is 0 Å². The van der Waals surface area contributed by atoms with Crippen LogP contribution in [0.3, 0.4) is 0 Å². The van der Waals surface area contributed by atoms with E-state index in [9.17, 15) is 20.4 Å². The van der Waals surface area contributed by atoms with Gasteiger partial charge in [0.2, 0.25) is 0 Å². The van der Waals surface area contributed by atoms with Crippen molar-refractivity contribution in [2.24, 2.45) is 0 Å². The van der Waals surface area contributed by atoms with Gasteiger partial charge in [-0.25, -0.2) is 0 Å².